The number of hydrogen-bond acceptors (Lipinski definition) is 4. The van der Waals surface area contributed by atoms with Crippen molar-refractivity contribution in [3.05, 3.63) is 30.1 Å². The summed E-state index contributed by atoms with van der Waals surface area (Å²) in [5, 5.41) is 3.24. The summed E-state index contributed by atoms with van der Waals surface area (Å²) in [6.45, 7) is 7.01. The Morgan fingerprint density at radius 3 is 2.72 bits per heavy atom. The summed E-state index contributed by atoms with van der Waals surface area (Å²) in [6, 6.07) is 1.96. The first-order chi connectivity index (χ1) is 8.74. The lowest BCUT2D eigenvalue weighted by molar-refractivity contribution is 0.810. The van der Waals surface area contributed by atoms with Crippen LogP contribution in [0.5, 0.6) is 0 Å². The molecule has 2 heterocycles. The Morgan fingerprint density at radius 1 is 1.28 bits per heavy atom. The summed E-state index contributed by atoms with van der Waals surface area (Å²) in [7, 11) is 0. The number of rotatable bonds is 5. The Bertz CT molecular complexity index is 494. The first-order valence-electron chi connectivity index (χ1n) is 6.36. The van der Waals surface area contributed by atoms with Gasteiger partial charge >= 0.3 is 0 Å². The highest BCUT2D eigenvalue weighted by Crippen LogP contribution is 2.13. The molecule has 5 heteroatoms. The molecule has 0 spiro atoms. The summed E-state index contributed by atoms with van der Waals surface area (Å²) in [6.07, 6.45) is 5.63. The molecule has 0 saturated carbocycles. The summed E-state index contributed by atoms with van der Waals surface area (Å²) in [5.74, 6) is 3.55. The van der Waals surface area contributed by atoms with Crippen molar-refractivity contribution in [1.29, 1.82) is 0 Å². The van der Waals surface area contributed by atoms with E-state index in [4.69, 9.17) is 0 Å². The van der Waals surface area contributed by atoms with Gasteiger partial charge in [0.1, 0.15) is 23.3 Å². The molecule has 2 aromatic heterocycles. The van der Waals surface area contributed by atoms with Crippen LogP contribution >= 0.6 is 0 Å². The Labute approximate surface area is 107 Å². The molecule has 5 nitrogen and oxygen atoms in total. The quantitative estimate of drug-likeness (QED) is 0.878. The van der Waals surface area contributed by atoms with E-state index in [2.05, 4.69) is 34.1 Å². The van der Waals surface area contributed by atoms with Crippen LogP contribution in [-0.4, -0.2) is 26.1 Å². The van der Waals surface area contributed by atoms with Gasteiger partial charge in [-0.1, -0.05) is 6.92 Å². The second-order valence-corrected chi connectivity index (χ2v) is 4.15. The molecular weight excluding hydrogens is 226 g/mol. The molecule has 1 N–H and O–H groups in total. The number of nitrogens with one attached hydrogen (secondary N) is 1. The first-order valence-corrected chi connectivity index (χ1v) is 6.36. The predicted octanol–water partition coefficient (Wildman–Crippen LogP) is 2.36. The largest absolute Gasteiger partial charge is 0.370 e. The van der Waals surface area contributed by atoms with Gasteiger partial charge in [0.25, 0.3) is 0 Å². The molecule has 0 saturated heterocycles. The third kappa shape index (κ3) is 2.67. The lowest BCUT2D eigenvalue weighted by Crippen LogP contribution is -2.08. The van der Waals surface area contributed by atoms with Gasteiger partial charge in [0.15, 0.2) is 0 Å². The summed E-state index contributed by atoms with van der Waals surface area (Å²) in [5.41, 5.74) is 0. The van der Waals surface area contributed by atoms with Crippen molar-refractivity contribution in [1.82, 2.24) is 19.5 Å². The first kappa shape index (κ1) is 12.5. The van der Waals surface area contributed by atoms with Crippen molar-refractivity contribution in [2.24, 2.45) is 0 Å². The highest BCUT2D eigenvalue weighted by molar-refractivity contribution is 5.42. The number of aromatic nitrogens is 4. The number of hydrogen-bond donors (Lipinski definition) is 1. The molecule has 0 aromatic carbocycles. The normalized spacial score (nSPS) is 10.6. The molecule has 0 unspecified atom stereocenters. The number of aryl methyl sites for hydroxylation is 2. The van der Waals surface area contributed by atoms with Gasteiger partial charge in [-0.05, 0) is 20.3 Å². The Kier molecular flexibility index (Phi) is 3.92. The molecule has 0 aliphatic rings. The second kappa shape index (κ2) is 5.62. The molecule has 0 bridgehead atoms. The van der Waals surface area contributed by atoms with Crippen molar-refractivity contribution in [2.75, 3.05) is 11.9 Å². The zero-order valence-corrected chi connectivity index (χ0v) is 11.1. The minimum Gasteiger partial charge on any atom is -0.370 e. The Balaban J connectivity index is 2.42. The molecular formula is C13H19N5. The van der Waals surface area contributed by atoms with Crippen LogP contribution in [-0.2, 0) is 6.42 Å². The molecule has 0 amide bonds. The lowest BCUT2D eigenvalue weighted by Gasteiger charge is -2.10. The molecule has 0 aliphatic heterocycles. The fourth-order valence-electron chi connectivity index (χ4n) is 1.83. The molecule has 0 atom stereocenters. The van der Waals surface area contributed by atoms with Crippen molar-refractivity contribution in [3.63, 3.8) is 0 Å². The van der Waals surface area contributed by atoms with Gasteiger partial charge in [0.2, 0.25) is 0 Å². The fourth-order valence-corrected chi connectivity index (χ4v) is 1.83. The van der Waals surface area contributed by atoms with Crippen molar-refractivity contribution in [3.8, 4) is 5.82 Å². The highest BCUT2D eigenvalue weighted by atomic mass is 15.1. The van der Waals surface area contributed by atoms with Gasteiger partial charge in [0, 0.05) is 31.4 Å². The van der Waals surface area contributed by atoms with Gasteiger partial charge < -0.3 is 5.32 Å². The van der Waals surface area contributed by atoms with E-state index >= 15 is 0 Å². The van der Waals surface area contributed by atoms with Gasteiger partial charge in [-0.15, -0.1) is 0 Å². The highest BCUT2D eigenvalue weighted by Gasteiger charge is 2.07. The van der Waals surface area contributed by atoms with Gasteiger partial charge in [-0.25, -0.2) is 15.0 Å². The van der Waals surface area contributed by atoms with E-state index in [1.165, 1.54) is 0 Å². The molecule has 0 aliphatic carbocycles. The van der Waals surface area contributed by atoms with Crippen LogP contribution in [0.25, 0.3) is 5.82 Å². The van der Waals surface area contributed by atoms with E-state index in [0.717, 1.165) is 42.7 Å². The second-order valence-electron chi connectivity index (χ2n) is 4.15. The van der Waals surface area contributed by atoms with E-state index in [1.807, 2.05) is 23.8 Å². The van der Waals surface area contributed by atoms with E-state index < -0.39 is 0 Å². The van der Waals surface area contributed by atoms with E-state index in [-0.39, 0.29) is 0 Å². The minimum absolute atomic E-state index is 0.852. The van der Waals surface area contributed by atoms with Crippen LogP contribution in [0.2, 0.25) is 0 Å². The Hall–Kier alpha value is -1.91. The average molecular weight is 245 g/mol. The van der Waals surface area contributed by atoms with Crippen molar-refractivity contribution < 1.29 is 0 Å². The predicted molar refractivity (Wildman–Crippen MR) is 72.0 cm³/mol. The number of nitrogens with zero attached hydrogens (tertiary/aromatic N) is 4. The zero-order chi connectivity index (χ0) is 13.0. The number of imidazole rings is 1. The molecule has 18 heavy (non-hydrogen) atoms. The topological polar surface area (TPSA) is 55.6 Å². The number of anilines is 1. The van der Waals surface area contributed by atoms with Gasteiger partial charge in [-0.2, -0.15) is 0 Å². The molecule has 2 rings (SSSR count). The zero-order valence-electron chi connectivity index (χ0n) is 11.1. The van der Waals surface area contributed by atoms with Crippen molar-refractivity contribution >= 4 is 5.82 Å². The van der Waals surface area contributed by atoms with E-state index in [1.54, 1.807) is 6.20 Å². The molecule has 0 radical (unpaired) electrons. The fraction of sp³-hybridized carbons (Fsp3) is 0.462. The van der Waals surface area contributed by atoms with Gasteiger partial charge in [0.05, 0.1) is 0 Å². The van der Waals surface area contributed by atoms with Crippen LogP contribution in [0, 0.1) is 6.92 Å². The standard InChI is InChI=1S/C13H19N5/c1-4-6-11-16-12(14-5-2)9-13(17-11)18-8-7-15-10(18)3/h7-9H,4-6H2,1-3H3,(H,14,16,17). The van der Waals surface area contributed by atoms with Crippen molar-refractivity contribution in [2.45, 2.75) is 33.6 Å². The monoisotopic (exact) mass is 245 g/mol. The van der Waals surface area contributed by atoms with Crippen LogP contribution < -0.4 is 5.32 Å². The maximum Gasteiger partial charge on any atom is 0.143 e. The summed E-state index contributed by atoms with van der Waals surface area (Å²) in [4.78, 5) is 13.3. The maximum atomic E-state index is 4.58. The smallest absolute Gasteiger partial charge is 0.143 e. The van der Waals surface area contributed by atoms with Gasteiger partial charge in [-0.3, -0.25) is 4.57 Å². The van der Waals surface area contributed by atoms with Crippen LogP contribution in [0.4, 0.5) is 5.82 Å². The average Bonchev–Trinajstić information content (AvgIpc) is 2.76. The minimum atomic E-state index is 0.852. The van der Waals surface area contributed by atoms with Crippen LogP contribution in [0.1, 0.15) is 31.9 Å². The molecule has 96 valence electrons. The van der Waals surface area contributed by atoms with E-state index in [9.17, 15) is 0 Å². The summed E-state index contributed by atoms with van der Waals surface area (Å²) < 4.78 is 1.97. The Morgan fingerprint density at radius 2 is 2.11 bits per heavy atom. The van der Waals surface area contributed by atoms with Crippen LogP contribution in [0.15, 0.2) is 18.5 Å². The van der Waals surface area contributed by atoms with E-state index in [0.29, 0.717) is 0 Å². The third-order valence-corrected chi connectivity index (χ3v) is 2.66. The van der Waals surface area contributed by atoms with Crippen LogP contribution in [0.3, 0.4) is 0 Å². The molecule has 0 fully saturated rings. The lowest BCUT2D eigenvalue weighted by atomic mass is 10.3. The molecule has 2 aromatic rings. The maximum absolute atomic E-state index is 4.58. The summed E-state index contributed by atoms with van der Waals surface area (Å²) >= 11 is 0. The third-order valence-electron chi connectivity index (χ3n) is 2.66. The SMILES string of the molecule is CCCc1nc(NCC)cc(-n2ccnc2C)n1.